The summed E-state index contributed by atoms with van der Waals surface area (Å²) < 4.78 is 1.12. The first-order valence-electron chi connectivity index (χ1n) is 8.80. The quantitative estimate of drug-likeness (QED) is 0.131. The fourth-order valence-electron chi connectivity index (χ4n) is 2.13. The van der Waals surface area contributed by atoms with Crippen molar-refractivity contribution < 1.29 is 29.2 Å². The lowest BCUT2D eigenvalue weighted by Crippen LogP contribution is -2.63. The summed E-state index contributed by atoms with van der Waals surface area (Å²) in [6, 6.07) is -0.927. The number of carboxylic acid groups (broad SMARTS) is 1. The molecule has 30 heavy (non-hydrogen) atoms. The first-order chi connectivity index (χ1) is 13.9. The lowest BCUT2D eigenvalue weighted by Gasteiger charge is -2.42. The number of nitrogens with two attached hydrogens (primary N) is 1. The Kier molecular flexibility index (Phi) is 7.53. The molecule has 166 valence electrons. The van der Waals surface area contributed by atoms with Gasteiger partial charge in [-0.15, -0.1) is 11.3 Å². The first kappa shape index (κ1) is 24.2. The summed E-state index contributed by atoms with van der Waals surface area (Å²) in [5.41, 5.74) is 3.62. The van der Waals surface area contributed by atoms with Crippen molar-refractivity contribution in [1.29, 1.82) is 0 Å². The monoisotopic (exact) mass is 478 g/mol. The van der Waals surface area contributed by atoms with Crippen molar-refractivity contribution in [2.75, 3.05) is 18.8 Å². The van der Waals surface area contributed by atoms with Gasteiger partial charge in [-0.3, -0.25) is 19.3 Å². The number of nitrogens with one attached hydrogen (secondary N) is 2. The van der Waals surface area contributed by atoms with Crippen LogP contribution in [0, 0.1) is 0 Å². The molecule has 0 spiro atoms. The summed E-state index contributed by atoms with van der Waals surface area (Å²) in [7, 11) is 0. The number of aliphatic carboxylic acids is 1. The van der Waals surface area contributed by atoms with Crippen LogP contribution in [0.1, 0.15) is 32.9 Å². The lowest BCUT2D eigenvalue weighted by atomic mass is 10.1. The molecule has 0 bridgehead atoms. The molecule has 1 fully saturated rings. The van der Waals surface area contributed by atoms with Gasteiger partial charge in [0.1, 0.15) is 11.7 Å². The van der Waals surface area contributed by atoms with Gasteiger partial charge in [-0.1, -0.05) is 12.1 Å². The van der Waals surface area contributed by atoms with Crippen molar-refractivity contribution in [2.45, 2.75) is 38.8 Å². The molecule has 15 heteroatoms. The maximum absolute atomic E-state index is 12.7. The molecular weight excluding hydrogens is 455 g/mol. The fraction of sp³-hybridized carbons (Fsp3) is 0.533. The standard InChI is InChI=1S/C15H23N6O6PS2/c1-4-5-17-28(26,29)21-6-8(12(21)23)18-11(22)10(9-7-30-14(16)19-9)20-27-15(2,3)13(24)25/h7-8H,4-6H2,1-3H3,(H2,16,19)(H,18,22)(H,24,25)(H2,17,26,29)/t8-,28?/m0/s1. The zero-order valence-corrected chi connectivity index (χ0v) is 19.0. The number of amides is 2. The molecule has 1 unspecified atom stereocenters. The molecule has 2 amide bonds. The van der Waals surface area contributed by atoms with Crippen molar-refractivity contribution in [1.82, 2.24) is 20.1 Å². The van der Waals surface area contributed by atoms with Gasteiger partial charge in [0.05, 0.1) is 6.54 Å². The van der Waals surface area contributed by atoms with Gasteiger partial charge in [0, 0.05) is 11.9 Å². The van der Waals surface area contributed by atoms with Gasteiger partial charge in [0.25, 0.3) is 11.8 Å². The van der Waals surface area contributed by atoms with Gasteiger partial charge < -0.3 is 25.9 Å². The summed E-state index contributed by atoms with van der Waals surface area (Å²) in [5, 5.41) is 19.6. The normalized spacial score (nSPS) is 19.1. The molecule has 2 heterocycles. The molecule has 1 aromatic heterocycles. The predicted octanol–water partition coefficient (Wildman–Crippen LogP) is -0.147. The molecule has 2 rings (SSSR count). The van der Waals surface area contributed by atoms with Crippen molar-refractivity contribution in [3.8, 4) is 0 Å². The Labute approximate surface area is 181 Å². The Morgan fingerprint density at radius 3 is 2.73 bits per heavy atom. The number of hydrogen-bond donors (Lipinski definition) is 5. The Hall–Kier alpha value is -2.12. The maximum atomic E-state index is 12.7. The van der Waals surface area contributed by atoms with Crippen LogP contribution >= 0.6 is 17.9 Å². The molecule has 6 N–H and O–H groups in total. The van der Waals surface area contributed by atoms with Crippen molar-refractivity contribution >= 4 is 58.3 Å². The van der Waals surface area contributed by atoms with E-state index in [9.17, 15) is 19.3 Å². The first-order valence-corrected chi connectivity index (χ1v) is 12.4. The van der Waals surface area contributed by atoms with Crippen LogP contribution in [0.15, 0.2) is 10.5 Å². The van der Waals surface area contributed by atoms with E-state index in [1.807, 2.05) is 6.92 Å². The molecule has 0 aliphatic carbocycles. The number of β-lactam (4-membered cyclic amide) rings is 1. The second-order valence-corrected chi connectivity index (χ2v) is 11.1. The van der Waals surface area contributed by atoms with Crippen molar-refractivity contribution in [3.05, 3.63) is 11.1 Å². The number of thiazole rings is 1. The van der Waals surface area contributed by atoms with E-state index in [1.54, 1.807) is 0 Å². The van der Waals surface area contributed by atoms with Crippen LogP contribution in [-0.2, 0) is 31.0 Å². The van der Waals surface area contributed by atoms with Gasteiger partial charge in [-0.05, 0) is 32.1 Å². The fourth-order valence-corrected chi connectivity index (χ4v) is 4.87. The summed E-state index contributed by atoms with van der Waals surface area (Å²) >= 11 is 6.14. The van der Waals surface area contributed by atoms with E-state index in [2.05, 4.69) is 20.5 Å². The average molecular weight is 478 g/mol. The Bertz CT molecular complexity index is 919. The molecular formula is C15H23N6O6PS2. The molecule has 0 saturated carbocycles. The highest BCUT2D eigenvalue weighted by atomic mass is 32.4. The van der Waals surface area contributed by atoms with E-state index in [4.69, 9.17) is 27.5 Å². The van der Waals surface area contributed by atoms with E-state index < -0.39 is 36.0 Å². The molecule has 0 radical (unpaired) electrons. The molecule has 0 aromatic carbocycles. The molecule has 12 nitrogen and oxygen atoms in total. The highest BCUT2D eigenvalue weighted by molar-refractivity contribution is 8.10. The number of hydrogen-bond acceptors (Lipinski definition) is 9. The zero-order valence-electron chi connectivity index (χ0n) is 16.5. The average Bonchev–Trinajstić information content (AvgIpc) is 3.08. The second kappa shape index (κ2) is 9.35. The third kappa shape index (κ3) is 5.52. The van der Waals surface area contributed by atoms with Crippen LogP contribution in [0.2, 0.25) is 0 Å². The largest absolute Gasteiger partial charge is 0.478 e. The van der Waals surface area contributed by atoms with Crippen LogP contribution in [-0.4, -0.2) is 67.9 Å². The summed E-state index contributed by atoms with van der Waals surface area (Å²) in [6.45, 7) is 1.67. The Morgan fingerprint density at radius 1 is 1.57 bits per heavy atom. The van der Waals surface area contributed by atoms with Gasteiger partial charge in [-0.2, -0.15) is 0 Å². The number of nitrogen functional groups attached to an aromatic ring is 1. The number of anilines is 1. The number of carbonyl (C=O) groups excluding carboxylic acids is 2. The minimum Gasteiger partial charge on any atom is -0.478 e. The third-order valence-corrected chi connectivity index (χ3v) is 7.27. The van der Waals surface area contributed by atoms with Gasteiger partial charge >= 0.3 is 5.97 Å². The SMILES string of the molecule is CCCNP(O)(=S)N1C[C@H](NC(=O)C(=NOC(C)(C)C(=O)O)c2csc(N)n2)C1=O. The number of oxime groups is 1. The van der Waals surface area contributed by atoms with Crippen molar-refractivity contribution in [2.24, 2.45) is 5.16 Å². The number of aromatic nitrogens is 1. The maximum Gasteiger partial charge on any atom is 0.350 e. The third-order valence-electron chi connectivity index (χ3n) is 3.97. The van der Waals surface area contributed by atoms with E-state index in [1.165, 1.54) is 19.2 Å². The number of carboxylic acids is 1. The zero-order chi connectivity index (χ0) is 22.7. The van der Waals surface area contributed by atoms with Gasteiger partial charge in [-0.25, -0.2) is 9.78 Å². The van der Waals surface area contributed by atoms with Crippen LogP contribution in [0.5, 0.6) is 0 Å². The summed E-state index contributed by atoms with van der Waals surface area (Å²) in [4.78, 5) is 55.5. The number of nitrogens with zero attached hydrogens (tertiary/aromatic N) is 3. The number of carbonyl (C=O) groups is 3. The summed E-state index contributed by atoms with van der Waals surface area (Å²) in [5.74, 6) is -2.64. The Morgan fingerprint density at radius 2 is 2.23 bits per heavy atom. The van der Waals surface area contributed by atoms with Crippen LogP contribution in [0.4, 0.5) is 5.13 Å². The molecule has 1 aliphatic rings. The van der Waals surface area contributed by atoms with E-state index in [0.29, 0.717) is 6.54 Å². The van der Waals surface area contributed by atoms with E-state index in [0.717, 1.165) is 22.4 Å². The number of rotatable bonds is 10. The van der Waals surface area contributed by atoms with E-state index in [-0.39, 0.29) is 23.1 Å². The highest BCUT2D eigenvalue weighted by Gasteiger charge is 2.45. The van der Waals surface area contributed by atoms with Crippen LogP contribution in [0.3, 0.4) is 0 Å². The minimum atomic E-state index is -3.21. The van der Waals surface area contributed by atoms with Crippen molar-refractivity contribution in [3.63, 3.8) is 0 Å². The topological polar surface area (TPSA) is 179 Å². The lowest BCUT2D eigenvalue weighted by molar-refractivity contribution is -0.161. The summed E-state index contributed by atoms with van der Waals surface area (Å²) in [6.07, 6.45) is 0.727. The van der Waals surface area contributed by atoms with Gasteiger partial charge in [0.15, 0.2) is 10.8 Å². The van der Waals surface area contributed by atoms with Gasteiger partial charge in [0.2, 0.25) is 12.2 Å². The minimum absolute atomic E-state index is 0.0169. The predicted molar refractivity (Wildman–Crippen MR) is 114 cm³/mol. The molecule has 2 atom stereocenters. The highest BCUT2D eigenvalue weighted by Crippen LogP contribution is 2.45. The molecule has 1 aromatic rings. The van der Waals surface area contributed by atoms with E-state index >= 15 is 0 Å². The molecule has 1 saturated heterocycles. The molecule has 1 aliphatic heterocycles. The smallest absolute Gasteiger partial charge is 0.350 e. The second-order valence-electron chi connectivity index (χ2n) is 6.82. The van der Waals surface area contributed by atoms with Crippen LogP contribution < -0.4 is 16.1 Å². The Balaban J connectivity index is 2.14. The van der Waals surface area contributed by atoms with Crippen LogP contribution in [0.25, 0.3) is 0 Å².